The van der Waals surface area contributed by atoms with Gasteiger partial charge in [0.25, 0.3) is 0 Å². The van der Waals surface area contributed by atoms with Crippen LogP contribution in [0, 0.1) is 23.6 Å². The molecule has 0 bridgehead atoms. The van der Waals surface area contributed by atoms with Gasteiger partial charge in [-0.15, -0.1) is 11.3 Å². The molecule has 0 saturated carbocycles. The van der Waals surface area contributed by atoms with Crippen LogP contribution in [0.25, 0.3) is 5.57 Å². The Labute approximate surface area is 213 Å². The smallest absolute Gasteiger partial charge is 0.123 e. The molecule has 0 amide bonds. The van der Waals surface area contributed by atoms with E-state index in [1.807, 2.05) is 11.6 Å². The Hall–Kier alpha value is -3.00. The summed E-state index contributed by atoms with van der Waals surface area (Å²) in [6, 6.07) is 14.9. The van der Waals surface area contributed by atoms with Crippen molar-refractivity contribution in [3.05, 3.63) is 106 Å². The number of hydrogen-bond donors (Lipinski definition) is 2. The van der Waals surface area contributed by atoms with E-state index in [1.165, 1.54) is 34.4 Å². The monoisotopic (exact) mass is 502 g/mol. The number of nitrogens with one attached hydrogen (secondary N) is 2. The van der Waals surface area contributed by atoms with Crippen molar-refractivity contribution in [2.45, 2.75) is 24.7 Å². The summed E-state index contributed by atoms with van der Waals surface area (Å²) in [6.45, 7) is 8.37. The Morgan fingerprint density at radius 3 is 2.83 bits per heavy atom. The average Bonchev–Trinajstić information content (AvgIpc) is 3.40. The molecule has 3 aromatic rings. The predicted octanol–water partition coefficient (Wildman–Crippen LogP) is 7.35. The van der Waals surface area contributed by atoms with Crippen molar-refractivity contribution in [2.75, 3.05) is 18.4 Å². The van der Waals surface area contributed by atoms with Crippen LogP contribution in [0.5, 0.6) is 0 Å². The van der Waals surface area contributed by atoms with Crippen LogP contribution in [0.2, 0.25) is 0 Å². The molecule has 2 heterocycles. The molecule has 2 aliphatic rings. The van der Waals surface area contributed by atoms with E-state index in [1.54, 1.807) is 35.4 Å². The number of thiazole rings is 1. The van der Waals surface area contributed by atoms with E-state index in [0.29, 0.717) is 6.42 Å². The molecule has 178 valence electrons. The number of halogens is 1. The first-order valence-electron chi connectivity index (χ1n) is 11.5. The Balaban J connectivity index is 1.49. The maximum atomic E-state index is 13.4. The molecule has 7 heteroatoms. The molecule has 1 aliphatic heterocycles. The van der Waals surface area contributed by atoms with Crippen molar-refractivity contribution in [1.82, 2.24) is 9.29 Å². The molecule has 1 atom stereocenters. The minimum absolute atomic E-state index is 0.268. The summed E-state index contributed by atoms with van der Waals surface area (Å²) in [6.07, 6.45) is 6.99. The van der Waals surface area contributed by atoms with Gasteiger partial charge in [-0.25, -0.2) is 13.7 Å². The normalized spacial score (nSPS) is 20.2. The molecule has 5 rings (SSSR count). The zero-order valence-corrected chi connectivity index (χ0v) is 21.2. The molecule has 2 N–H and O–H groups in total. The van der Waals surface area contributed by atoms with Crippen molar-refractivity contribution >= 4 is 40.8 Å². The number of benzene rings is 2. The fourth-order valence-corrected chi connectivity index (χ4v) is 6.69. The third-order valence-corrected chi connectivity index (χ3v) is 8.51. The second-order valence-electron chi connectivity index (χ2n) is 8.98. The first-order valence-corrected chi connectivity index (χ1v) is 13.2. The van der Waals surface area contributed by atoms with Gasteiger partial charge in [-0.1, -0.05) is 24.3 Å². The van der Waals surface area contributed by atoms with Gasteiger partial charge in [0, 0.05) is 52.6 Å². The van der Waals surface area contributed by atoms with Gasteiger partial charge in [0.15, 0.2) is 0 Å². The van der Waals surface area contributed by atoms with Crippen LogP contribution in [0.1, 0.15) is 23.4 Å². The SMILES string of the molecule is C=C(c1nccs1)C12CC(C=N)=C(Nc3ccc(F)cc3)C=C1CCN(Sc1cccc(C)c1)C2. The summed E-state index contributed by atoms with van der Waals surface area (Å²) in [5.74, 6) is -0.268. The van der Waals surface area contributed by atoms with Gasteiger partial charge < -0.3 is 10.7 Å². The summed E-state index contributed by atoms with van der Waals surface area (Å²) in [4.78, 5) is 5.81. The molecular weight excluding hydrogens is 475 g/mol. The number of hydrogen-bond acceptors (Lipinski definition) is 6. The van der Waals surface area contributed by atoms with Crippen LogP contribution < -0.4 is 5.32 Å². The number of nitrogens with zero attached hydrogens (tertiary/aromatic N) is 2. The van der Waals surface area contributed by atoms with E-state index >= 15 is 0 Å². The lowest BCUT2D eigenvalue weighted by Gasteiger charge is -2.47. The van der Waals surface area contributed by atoms with Gasteiger partial charge in [-0.3, -0.25) is 0 Å². The Bertz CT molecular complexity index is 1310. The Morgan fingerprint density at radius 2 is 2.11 bits per heavy atom. The van der Waals surface area contributed by atoms with E-state index in [4.69, 9.17) is 5.41 Å². The topological polar surface area (TPSA) is 52.0 Å². The molecule has 4 nitrogen and oxygen atoms in total. The zero-order chi connectivity index (χ0) is 24.4. The molecule has 1 saturated heterocycles. The highest BCUT2D eigenvalue weighted by atomic mass is 32.2. The minimum Gasteiger partial charge on any atom is -0.355 e. The highest BCUT2D eigenvalue weighted by Gasteiger charge is 2.45. The van der Waals surface area contributed by atoms with Crippen LogP contribution in [0.4, 0.5) is 10.1 Å². The molecular formula is C28H27FN4S2. The average molecular weight is 503 g/mol. The number of rotatable bonds is 7. The summed E-state index contributed by atoms with van der Waals surface area (Å²) >= 11 is 3.39. The molecule has 1 unspecified atom stereocenters. The molecule has 0 radical (unpaired) electrons. The molecule has 1 fully saturated rings. The summed E-state index contributed by atoms with van der Waals surface area (Å²) in [7, 11) is 0. The van der Waals surface area contributed by atoms with E-state index < -0.39 is 0 Å². The number of anilines is 1. The van der Waals surface area contributed by atoms with Gasteiger partial charge in [0.05, 0.1) is 0 Å². The quantitative estimate of drug-likeness (QED) is 0.262. The maximum absolute atomic E-state index is 13.4. The van der Waals surface area contributed by atoms with Crippen LogP contribution in [-0.4, -0.2) is 28.6 Å². The third kappa shape index (κ3) is 4.89. The van der Waals surface area contributed by atoms with Crippen molar-refractivity contribution in [3.8, 4) is 0 Å². The Morgan fingerprint density at radius 1 is 1.29 bits per heavy atom. The third-order valence-electron chi connectivity index (χ3n) is 6.64. The first-order chi connectivity index (χ1) is 17.0. The molecule has 0 spiro atoms. The largest absolute Gasteiger partial charge is 0.355 e. The lowest BCUT2D eigenvalue weighted by Crippen LogP contribution is -2.44. The van der Waals surface area contributed by atoms with Gasteiger partial charge in [-0.2, -0.15) is 0 Å². The maximum Gasteiger partial charge on any atom is 0.123 e. The highest BCUT2D eigenvalue weighted by Crippen LogP contribution is 2.53. The van der Waals surface area contributed by atoms with Gasteiger partial charge in [0.2, 0.25) is 0 Å². The highest BCUT2D eigenvalue weighted by molar-refractivity contribution is 7.97. The molecule has 35 heavy (non-hydrogen) atoms. The second kappa shape index (κ2) is 9.93. The van der Waals surface area contributed by atoms with Crippen molar-refractivity contribution in [2.24, 2.45) is 5.41 Å². The second-order valence-corrected chi connectivity index (χ2v) is 11.0. The number of allylic oxidation sites excluding steroid dienone is 2. The van der Waals surface area contributed by atoms with Crippen molar-refractivity contribution in [1.29, 1.82) is 5.41 Å². The standard InChI is InChI=1S/C28H27FN4S2/c1-19-4-3-5-25(14-19)35-33-12-10-22-15-26(32-24-8-6-23(29)7-9-24)21(17-30)16-28(22,18-33)20(2)27-31-11-13-34-27/h3-9,11,13-15,17,30,32H,2,10,12,16,18H2,1H3. The summed E-state index contributed by atoms with van der Waals surface area (Å²) in [5.41, 5.74) is 5.81. The van der Waals surface area contributed by atoms with Gasteiger partial charge in [0.1, 0.15) is 10.8 Å². The van der Waals surface area contributed by atoms with E-state index in [2.05, 4.69) is 58.5 Å². The fourth-order valence-electron chi connectivity index (χ4n) is 4.84. The van der Waals surface area contributed by atoms with Crippen LogP contribution in [0.15, 0.2) is 94.5 Å². The van der Waals surface area contributed by atoms with Crippen molar-refractivity contribution < 1.29 is 4.39 Å². The first kappa shape index (κ1) is 23.7. The lowest BCUT2D eigenvalue weighted by molar-refractivity contribution is 0.287. The fraction of sp³-hybridized carbons (Fsp3) is 0.214. The number of aryl methyl sites for hydroxylation is 1. The number of fused-ring (bicyclic) bond motifs is 1. The van der Waals surface area contributed by atoms with Gasteiger partial charge >= 0.3 is 0 Å². The number of piperidine rings is 1. The van der Waals surface area contributed by atoms with E-state index in [9.17, 15) is 4.39 Å². The van der Waals surface area contributed by atoms with Crippen molar-refractivity contribution in [3.63, 3.8) is 0 Å². The van der Waals surface area contributed by atoms with E-state index in [-0.39, 0.29) is 11.2 Å². The molecule has 1 aliphatic carbocycles. The van der Waals surface area contributed by atoms with Crippen LogP contribution in [-0.2, 0) is 0 Å². The minimum atomic E-state index is -0.339. The summed E-state index contributed by atoms with van der Waals surface area (Å²) in [5, 5.41) is 14.6. The molecule has 1 aromatic heterocycles. The van der Waals surface area contributed by atoms with E-state index in [0.717, 1.165) is 47.0 Å². The van der Waals surface area contributed by atoms with Crippen LogP contribution in [0.3, 0.4) is 0 Å². The Kier molecular flexibility index (Phi) is 6.73. The van der Waals surface area contributed by atoms with Crippen LogP contribution >= 0.6 is 23.3 Å². The molecule has 2 aromatic carbocycles. The van der Waals surface area contributed by atoms with Gasteiger partial charge in [-0.05, 0) is 90.9 Å². The zero-order valence-electron chi connectivity index (χ0n) is 19.6. The lowest BCUT2D eigenvalue weighted by atomic mass is 9.64. The summed E-state index contributed by atoms with van der Waals surface area (Å²) < 4.78 is 15.8. The number of aromatic nitrogens is 1. The predicted molar refractivity (Wildman–Crippen MR) is 145 cm³/mol.